The second-order valence-corrected chi connectivity index (χ2v) is 5.84. The molecule has 102 valence electrons. The Kier molecular flexibility index (Phi) is 3.33. The lowest BCUT2D eigenvalue weighted by Crippen LogP contribution is -2.39. The van der Waals surface area contributed by atoms with Gasteiger partial charge in [0.15, 0.2) is 0 Å². The number of nitrogens with two attached hydrogens (primary N) is 1. The molecule has 1 atom stereocenters. The van der Waals surface area contributed by atoms with Crippen molar-refractivity contribution in [1.82, 2.24) is 9.47 Å². The van der Waals surface area contributed by atoms with Crippen molar-refractivity contribution < 1.29 is 0 Å². The zero-order valence-electron chi connectivity index (χ0n) is 11.8. The quantitative estimate of drug-likeness (QED) is 0.892. The van der Waals surface area contributed by atoms with E-state index in [-0.39, 0.29) is 0 Å². The molecule has 3 nitrogen and oxygen atoms in total. The van der Waals surface area contributed by atoms with Gasteiger partial charge in [-0.25, -0.2) is 0 Å². The van der Waals surface area contributed by atoms with E-state index in [2.05, 4.69) is 54.0 Å². The van der Waals surface area contributed by atoms with E-state index in [0.717, 1.165) is 19.0 Å². The summed E-state index contributed by atoms with van der Waals surface area (Å²) in [4.78, 5) is 2.43. The van der Waals surface area contributed by atoms with Gasteiger partial charge >= 0.3 is 0 Å². The summed E-state index contributed by atoms with van der Waals surface area (Å²) in [6.07, 6.45) is 4.95. The number of para-hydroxylation sites is 1. The van der Waals surface area contributed by atoms with Gasteiger partial charge in [0, 0.05) is 43.3 Å². The minimum absolute atomic E-state index is 0.541. The molecule has 1 aromatic heterocycles. The molecule has 1 aliphatic carbocycles. The lowest BCUT2D eigenvalue weighted by atomic mass is 10.1. The molecule has 2 N–H and O–H groups in total. The molecule has 1 aliphatic rings. The van der Waals surface area contributed by atoms with Gasteiger partial charge in [0.2, 0.25) is 0 Å². The number of aromatic nitrogens is 1. The van der Waals surface area contributed by atoms with Crippen molar-refractivity contribution in [3.63, 3.8) is 0 Å². The van der Waals surface area contributed by atoms with Crippen LogP contribution in [0.2, 0.25) is 0 Å². The number of hydrogen-bond donors (Lipinski definition) is 1. The Hall–Kier alpha value is -1.32. The van der Waals surface area contributed by atoms with Crippen LogP contribution in [-0.2, 0) is 13.6 Å². The highest BCUT2D eigenvalue weighted by Crippen LogP contribution is 2.35. The van der Waals surface area contributed by atoms with E-state index in [1.54, 1.807) is 0 Å². The maximum atomic E-state index is 5.94. The van der Waals surface area contributed by atoms with Crippen molar-refractivity contribution in [2.24, 2.45) is 18.7 Å². The molecule has 19 heavy (non-hydrogen) atoms. The van der Waals surface area contributed by atoms with Gasteiger partial charge in [-0.1, -0.05) is 18.2 Å². The van der Waals surface area contributed by atoms with E-state index in [1.165, 1.54) is 29.3 Å². The molecule has 0 saturated heterocycles. The molecule has 1 saturated carbocycles. The van der Waals surface area contributed by atoms with Crippen molar-refractivity contribution in [3.05, 3.63) is 36.0 Å². The van der Waals surface area contributed by atoms with Crippen LogP contribution in [0.4, 0.5) is 0 Å². The molecule has 1 aromatic carbocycles. The van der Waals surface area contributed by atoms with Gasteiger partial charge in [0.1, 0.15) is 0 Å². The van der Waals surface area contributed by atoms with Gasteiger partial charge in [-0.3, -0.25) is 4.90 Å². The second-order valence-electron chi connectivity index (χ2n) is 5.84. The molecular formula is C16H23N3. The number of benzene rings is 1. The third-order valence-corrected chi connectivity index (χ3v) is 4.37. The van der Waals surface area contributed by atoms with E-state index in [0.29, 0.717) is 6.04 Å². The molecule has 1 fully saturated rings. The molecule has 1 unspecified atom stereocenters. The smallest absolute Gasteiger partial charge is 0.0481 e. The zero-order valence-corrected chi connectivity index (χ0v) is 11.8. The minimum atomic E-state index is 0.541. The maximum absolute atomic E-state index is 5.94. The Morgan fingerprint density at radius 1 is 1.37 bits per heavy atom. The zero-order chi connectivity index (χ0) is 13.4. The highest BCUT2D eigenvalue weighted by Gasteiger charge is 2.32. The number of rotatable bonds is 5. The van der Waals surface area contributed by atoms with Crippen LogP contribution in [0.25, 0.3) is 10.9 Å². The average Bonchev–Trinajstić information content (AvgIpc) is 3.18. The van der Waals surface area contributed by atoms with Gasteiger partial charge in [-0.2, -0.15) is 0 Å². The van der Waals surface area contributed by atoms with E-state index >= 15 is 0 Å². The number of nitrogens with zero attached hydrogens (tertiary/aromatic N) is 2. The van der Waals surface area contributed by atoms with Crippen molar-refractivity contribution in [2.75, 3.05) is 13.6 Å². The van der Waals surface area contributed by atoms with E-state index in [1.807, 2.05) is 0 Å². The summed E-state index contributed by atoms with van der Waals surface area (Å²) in [5.74, 6) is 0.824. The summed E-state index contributed by atoms with van der Waals surface area (Å²) in [5, 5.41) is 1.36. The van der Waals surface area contributed by atoms with Crippen LogP contribution >= 0.6 is 0 Å². The first kappa shape index (κ1) is 12.7. The third-order valence-electron chi connectivity index (χ3n) is 4.37. The van der Waals surface area contributed by atoms with Crippen molar-refractivity contribution >= 4 is 10.9 Å². The number of aryl methyl sites for hydroxylation is 1. The van der Waals surface area contributed by atoms with Crippen LogP contribution in [0.5, 0.6) is 0 Å². The average molecular weight is 257 g/mol. The van der Waals surface area contributed by atoms with Crippen LogP contribution in [-0.4, -0.2) is 29.1 Å². The minimum Gasteiger partial charge on any atom is -0.350 e. The molecule has 0 aliphatic heterocycles. The van der Waals surface area contributed by atoms with Crippen LogP contribution in [0.1, 0.15) is 18.4 Å². The van der Waals surface area contributed by atoms with Crippen molar-refractivity contribution in [2.45, 2.75) is 25.4 Å². The molecule has 3 heteroatoms. The second kappa shape index (κ2) is 4.99. The number of hydrogen-bond acceptors (Lipinski definition) is 2. The molecule has 0 bridgehead atoms. The van der Waals surface area contributed by atoms with Crippen molar-refractivity contribution in [3.8, 4) is 0 Å². The first-order valence-corrected chi connectivity index (χ1v) is 7.14. The third kappa shape index (κ3) is 2.40. The summed E-state index contributed by atoms with van der Waals surface area (Å²) < 4.78 is 2.22. The topological polar surface area (TPSA) is 34.2 Å². The lowest BCUT2D eigenvalue weighted by molar-refractivity contribution is 0.216. The van der Waals surface area contributed by atoms with Crippen molar-refractivity contribution in [1.29, 1.82) is 0 Å². The van der Waals surface area contributed by atoms with Gasteiger partial charge in [-0.05, 0) is 37.4 Å². The first-order valence-electron chi connectivity index (χ1n) is 7.14. The Labute approximate surface area is 115 Å². The Bertz CT molecular complexity index is 568. The van der Waals surface area contributed by atoms with E-state index in [9.17, 15) is 0 Å². The van der Waals surface area contributed by atoms with E-state index < -0.39 is 0 Å². The highest BCUT2D eigenvalue weighted by atomic mass is 15.1. The molecule has 1 heterocycles. The van der Waals surface area contributed by atoms with Crippen LogP contribution < -0.4 is 5.73 Å². The Morgan fingerprint density at radius 2 is 2.11 bits per heavy atom. The summed E-state index contributed by atoms with van der Waals surface area (Å²) >= 11 is 0. The van der Waals surface area contributed by atoms with Crippen LogP contribution in [0.15, 0.2) is 30.5 Å². The maximum Gasteiger partial charge on any atom is 0.0481 e. The van der Waals surface area contributed by atoms with Gasteiger partial charge < -0.3 is 10.3 Å². The van der Waals surface area contributed by atoms with Crippen LogP contribution in [0, 0.1) is 5.92 Å². The fourth-order valence-corrected chi connectivity index (χ4v) is 3.15. The monoisotopic (exact) mass is 257 g/mol. The lowest BCUT2D eigenvalue weighted by Gasteiger charge is -2.26. The molecular weight excluding hydrogens is 234 g/mol. The van der Waals surface area contributed by atoms with Gasteiger partial charge in [-0.15, -0.1) is 0 Å². The standard InChI is InChI=1S/C16H23N3/c1-18-10-13(14-5-3-4-6-15(14)18)11-19(2)16(9-17)12-7-8-12/h3-6,10,12,16H,7-9,11,17H2,1-2H3. The largest absolute Gasteiger partial charge is 0.350 e. The summed E-state index contributed by atoms with van der Waals surface area (Å²) in [6, 6.07) is 9.15. The SMILES string of the molecule is CN(Cc1cn(C)c2ccccc12)C(CN)C1CC1. The van der Waals surface area contributed by atoms with Gasteiger partial charge in [0.05, 0.1) is 0 Å². The molecule has 0 spiro atoms. The predicted octanol–water partition coefficient (Wildman–Crippen LogP) is 2.35. The number of likely N-dealkylation sites (N-methyl/N-ethyl adjacent to an activating group) is 1. The highest BCUT2D eigenvalue weighted by molar-refractivity contribution is 5.83. The fraction of sp³-hybridized carbons (Fsp3) is 0.500. The summed E-state index contributed by atoms with van der Waals surface area (Å²) in [5.41, 5.74) is 8.65. The normalized spacial score (nSPS) is 17.3. The van der Waals surface area contributed by atoms with E-state index in [4.69, 9.17) is 5.73 Å². The van der Waals surface area contributed by atoms with Gasteiger partial charge in [0.25, 0.3) is 0 Å². The molecule has 0 amide bonds. The molecule has 3 rings (SSSR count). The predicted molar refractivity (Wildman–Crippen MR) is 80.0 cm³/mol. The summed E-state index contributed by atoms with van der Waals surface area (Å²) in [6.45, 7) is 1.76. The summed E-state index contributed by atoms with van der Waals surface area (Å²) in [7, 11) is 4.32. The Morgan fingerprint density at radius 3 is 2.79 bits per heavy atom. The molecule has 0 radical (unpaired) electrons. The Balaban J connectivity index is 1.84. The molecule has 2 aromatic rings. The number of fused-ring (bicyclic) bond motifs is 1. The first-order chi connectivity index (χ1) is 9.20. The fourth-order valence-electron chi connectivity index (χ4n) is 3.15. The van der Waals surface area contributed by atoms with Crippen LogP contribution in [0.3, 0.4) is 0 Å².